The number of thiazole rings is 1. The Morgan fingerprint density at radius 3 is 2.59 bits per heavy atom. The van der Waals surface area contributed by atoms with E-state index in [9.17, 15) is 9.59 Å². The quantitative estimate of drug-likeness (QED) is 0.420. The van der Waals surface area contributed by atoms with Crippen LogP contribution in [0.4, 0.5) is 0 Å². The van der Waals surface area contributed by atoms with Crippen molar-refractivity contribution in [3.05, 3.63) is 57.9 Å². The van der Waals surface area contributed by atoms with E-state index >= 15 is 0 Å². The zero-order chi connectivity index (χ0) is 21.0. The monoisotopic (exact) mass is 428 g/mol. The third-order valence-corrected chi connectivity index (χ3v) is 6.50. The molecule has 0 unspecified atom stereocenters. The van der Waals surface area contributed by atoms with Gasteiger partial charge >= 0.3 is 5.97 Å². The summed E-state index contributed by atoms with van der Waals surface area (Å²) in [6.45, 7) is 8.23. The lowest BCUT2D eigenvalue weighted by molar-refractivity contribution is -0.143. The number of thioether (sulfide) groups is 1. The van der Waals surface area contributed by atoms with Crippen molar-refractivity contribution in [1.29, 1.82) is 0 Å². The van der Waals surface area contributed by atoms with Gasteiger partial charge in [0.25, 0.3) is 5.91 Å². The minimum absolute atomic E-state index is 0.0216. The van der Waals surface area contributed by atoms with Gasteiger partial charge in [-0.1, -0.05) is 30.4 Å². The van der Waals surface area contributed by atoms with E-state index in [4.69, 9.17) is 4.74 Å². The Labute approximate surface area is 178 Å². The highest BCUT2D eigenvalue weighted by Gasteiger charge is 2.15. The lowest BCUT2D eigenvalue weighted by Gasteiger charge is -2.07. The van der Waals surface area contributed by atoms with Gasteiger partial charge in [0, 0.05) is 4.90 Å². The normalized spacial score (nSPS) is 11.8. The maximum absolute atomic E-state index is 13.0. The van der Waals surface area contributed by atoms with Crippen LogP contribution in [0.2, 0.25) is 0 Å². The van der Waals surface area contributed by atoms with Crippen LogP contribution in [-0.2, 0) is 16.1 Å². The van der Waals surface area contributed by atoms with Gasteiger partial charge in [0.15, 0.2) is 4.80 Å². The van der Waals surface area contributed by atoms with Crippen LogP contribution < -0.4 is 4.80 Å². The molecule has 1 heterocycles. The standard InChI is InChI=1S/C22H24N2O3S2/c1-5-27-20(25)13-24-17-11-14(3)15(4)12-19(17)29-22(24)23-21(26)16-9-7-8-10-18(16)28-6-2/h7-12H,5-6,13H2,1-4H3. The Morgan fingerprint density at radius 2 is 1.86 bits per heavy atom. The molecule has 3 rings (SSSR count). The van der Waals surface area contributed by atoms with Crippen LogP contribution >= 0.6 is 23.1 Å². The molecule has 3 aromatic rings. The van der Waals surface area contributed by atoms with E-state index in [-0.39, 0.29) is 18.4 Å². The number of hydrogen-bond donors (Lipinski definition) is 0. The van der Waals surface area contributed by atoms with Crippen LogP contribution in [0, 0.1) is 13.8 Å². The summed E-state index contributed by atoms with van der Waals surface area (Å²) in [5.74, 6) is 0.217. The van der Waals surface area contributed by atoms with Crippen LogP contribution in [0.3, 0.4) is 0 Å². The molecule has 0 saturated heterocycles. The topological polar surface area (TPSA) is 60.7 Å². The number of benzene rings is 2. The van der Waals surface area contributed by atoms with Gasteiger partial charge < -0.3 is 9.30 Å². The number of carbonyl (C=O) groups excluding carboxylic acids is 2. The Balaban J connectivity index is 2.14. The number of nitrogens with zero attached hydrogens (tertiary/aromatic N) is 2. The van der Waals surface area contributed by atoms with Crippen LogP contribution in [0.5, 0.6) is 0 Å². The third-order valence-electron chi connectivity index (χ3n) is 4.51. The average Bonchev–Trinajstić information content (AvgIpc) is 2.99. The largest absolute Gasteiger partial charge is 0.465 e. The highest BCUT2D eigenvalue weighted by Crippen LogP contribution is 2.24. The zero-order valence-corrected chi connectivity index (χ0v) is 18.7. The molecule has 5 nitrogen and oxygen atoms in total. The van der Waals surface area contributed by atoms with Crippen LogP contribution in [0.1, 0.15) is 35.3 Å². The summed E-state index contributed by atoms with van der Waals surface area (Å²) in [6, 6.07) is 11.6. The summed E-state index contributed by atoms with van der Waals surface area (Å²) in [5, 5.41) is 0. The third kappa shape index (κ3) is 4.79. The smallest absolute Gasteiger partial charge is 0.326 e. The summed E-state index contributed by atoms with van der Waals surface area (Å²) in [6.07, 6.45) is 0. The van der Waals surface area contributed by atoms with Crippen molar-refractivity contribution in [1.82, 2.24) is 4.57 Å². The molecule has 0 aliphatic heterocycles. The summed E-state index contributed by atoms with van der Waals surface area (Å²) in [7, 11) is 0. The number of aryl methyl sites for hydroxylation is 2. The van der Waals surface area contributed by atoms with Crippen LogP contribution in [0.25, 0.3) is 10.2 Å². The van der Waals surface area contributed by atoms with Gasteiger partial charge in [-0.2, -0.15) is 4.99 Å². The van der Waals surface area contributed by atoms with Gasteiger partial charge in [0.1, 0.15) is 6.54 Å². The van der Waals surface area contributed by atoms with Crippen molar-refractivity contribution in [2.75, 3.05) is 12.4 Å². The number of ether oxygens (including phenoxy) is 1. The van der Waals surface area contributed by atoms with Gasteiger partial charge in [-0.25, -0.2) is 0 Å². The number of amides is 1. The fraction of sp³-hybridized carbons (Fsp3) is 0.318. The fourth-order valence-electron chi connectivity index (χ4n) is 2.97. The molecule has 0 spiro atoms. The molecule has 152 valence electrons. The molecule has 0 saturated carbocycles. The molecule has 0 radical (unpaired) electrons. The number of esters is 1. The molecule has 0 atom stereocenters. The summed E-state index contributed by atoms with van der Waals surface area (Å²) in [4.78, 5) is 31.0. The molecule has 1 amide bonds. The summed E-state index contributed by atoms with van der Waals surface area (Å²) >= 11 is 3.02. The maximum Gasteiger partial charge on any atom is 0.326 e. The van der Waals surface area contributed by atoms with E-state index in [1.165, 1.54) is 11.3 Å². The van der Waals surface area contributed by atoms with Crippen molar-refractivity contribution in [2.45, 2.75) is 39.1 Å². The second kappa shape index (κ2) is 9.41. The van der Waals surface area contributed by atoms with E-state index in [1.54, 1.807) is 29.3 Å². The number of rotatable bonds is 6. The average molecular weight is 429 g/mol. The minimum atomic E-state index is -0.346. The maximum atomic E-state index is 13.0. The predicted molar refractivity (Wildman–Crippen MR) is 119 cm³/mol. The van der Waals surface area contributed by atoms with Crippen molar-refractivity contribution in [3.8, 4) is 0 Å². The molecule has 0 N–H and O–H groups in total. The molecule has 7 heteroatoms. The summed E-state index contributed by atoms with van der Waals surface area (Å²) in [5.41, 5.74) is 3.74. The Morgan fingerprint density at radius 1 is 1.14 bits per heavy atom. The van der Waals surface area contributed by atoms with Crippen molar-refractivity contribution in [3.63, 3.8) is 0 Å². The highest BCUT2D eigenvalue weighted by molar-refractivity contribution is 7.99. The molecular formula is C22H24N2O3S2. The first-order valence-electron chi connectivity index (χ1n) is 9.51. The fourth-order valence-corrected chi connectivity index (χ4v) is 4.87. The van der Waals surface area contributed by atoms with E-state index in [2.05, 4.69) is 11.1 Å². The predicted octanol–water partition coefficient (Wildman–Crippen LogP) is 4.74. The van der Waals surface area contributed by atoms with E-state index in [0.717, 1.165) is 32.0 Å². The zero-order valence-electron chi connectivity index (χ0n) is 17.0. The SMILES string of the molecule is CCOC(=O)Cn1c(=NC(=O)c2ccccc2SCC)sc2cc(C)c(C)cc21. The number of aromatic nitrogens is 1. The molecule has 0 bridgehead atoms. The van der Waals surface area contributed by atoms with Crippen LogP contribution in [0.15, 0.2) is 46.3 Å². The highest BCUT2D eigenvalue weighted by atomic mass is 32.2. The Bertz CT molecular complexity index is 1130. The molecule has 2 aromatic carbocycles. The first-order valence-corrected chi connectivity index (χ1v) is 11.3. The lowest BCUT2D eigenvalue weighted by Crippen LogP contribution is -2.23. The van der Waals surface area contributed by atoms with Gasteiger partial charge in [-0.3, -0.25) is 9.59 Å². The molecular weight excluding hydrogens is 404 g/mol. The number of fused-ring (bicyclic) bond motifs is 1. The molecule has 29 heavy (non-hydrogen) atoms. The Kier molecular flexibility index (Phi) is 6.92. The van der Waals surface area contributed by atoms with E-state index in [1.807, 2.05) is 45.0 Å². The second-order valence-corrected chi connectivity index (χ2v) is 8.84. The van der Waals surface area contributed by atoms with Crippen molar-refractivity contribution < 1.29 is 14.3 Å². The van der Waals surface area contributed by atoms with Gasteiger partial charge in [-0.05, 0) is 61.9 Å². The lowest BCUT2D eigenvalue weighted by atomic mass is 10.1. The number of hydrogen-bond acceptors (Lipinski definition) is 5. The first kappa shape index (κ1) is 21.3. The van der Waals surface area contributed by atoms with Crippen molar-refractivity contribution >= 4 is 45.2 Å². The molecule has 0 aliphatic rings. The van der Waals surface area contributed by atoms with Gasteiger partial charge in [0.2, 0.25) is 0 Å². The van der Waals surface area contributed by atoms with E-state index in [0.29, 0.717) is 17.0 Å². The summed E-state index contributed by atoms with van der Waals surface area (Å²) < 4.78 is 7.89. The first-order chi connectivity index (χ1) is 13.9. The van der Waals surface area contributed by atoms with Gasteiger partial charge in [0.05, 0.1) is 22.4 Å². The van der Waals surface area contributed by atoms with Crippen molar-refractivity contribution in [2.24, 2.45) is 4.99 Å². The minimum Gasteiger partial charge on any atom is -0.465 e. The molecule has 0 aliphatic carbocycles. The number of carbonyl (C=O) groups is 2. The molecule has 1 aromatic heterocycles. The van der Waals surface area contributed by atoms with Gasteiger partial charge in [-0.15, -0.1) is 11.8 Å². The Hall–Kier alpha value is -2.38. The van der Waals surface area contributed by atoms with Crippen LogP contribution in [-0.4, -0.2) is 28.8 Å². The van der Waals surface area contributed by atoms with E-state index < -0.39 is 0 Å². The second-order valence-electron chi connectivity index (χ2n) is 6.53. The molecule has 0 fully saturated rings.